The molecule has 1 unspecified atom stereocenters. The van der Waals surface area contributed by atoms with E-state index in [9.17, 15) is 19.2 Å². The number of hydrogen-bond acceptors (Lipinski definition) is 6. The molecule has 11 nitrogen and oxygen atoms in total. The zero-order valence-corrected chi connectivity index (χ0v) is 20.8. The first kappa shape index (κ1) is 25.5. The fourth-order valence-electron chi connectivity index (χ4n) is 4.08. The summed E-state index contributed by atoms with van der Waals surface area (Å²) >= 11 is 0. The highest BCUT2D eigenvalue weighted by Gasteiger charge is 2.33. The molecule has 2 aliphatic rings. The summed E-state index contributed by atoms with van der Waals surface area (Å²) < 4.78 is 10.7. The van der Waals surface area contributed by atoms with Crippen LogP contribution in [0, 0.1) is 0 Å². The number of likely N-dealkylation sites (N-methyl/N-ethyl adjacent to an activating group) is 1. The summed E-state index contributed by atoms with van der Waals surface area (Å²) in [5.41, 5.74) is 3.40. The van der Waals surface area contributed by atoms with Gasteiger partial charge in [-0.1, -0.05) is 12.1 Å². The Morgan fingerprint density at radius 3 is 2.65 bits per heavy atom. The van der Waals surface area contributed by atoms with Gasteiger partial charge in [-0.25, -0.2) is 9.59 Å². The Bertz CT molecular complexity index is 1350. The Hall–Kier alpha value is -4.54. The van der Waals surface area contributed by atoms with Crippen molar-refractivity contribution in [3.63, 3.8) is 0 Å². The van der Waals surface area contributed by atoms with Crippen LogP contribution >= 0.6 is 0 Å². The van der Waals surface area contributed by atoms with Crippen molar-refractivity contribution in [1.29, 1.82) is 0 Å². The summed E-state index contributed by atoms with van der Waals surface area (Å²) in [6.45, 7) is 3.59. The minimum absolute atomic E-state index is 0.0881. The standard InChI is InChI=1S/C15H16N4O4.C11H13NO2/c1-2-16-14(21)17-7-8-3-4-10-9(5-8)6-11(23-10)12-13(20)19-15(22)18-12;1-12-6-5-8-3-4-9(14-2)7-10(8)11(12)13/h3-6,12H,2,7H2,1H3,(H2,16,17,21)(H2,18,19,20,22);3-4,7H,5-6H2,1-2H3. The van der Waals surface area contributed by atoms with Gasteiger partial charge in [-0.05, 0) is 54.8 Å². The third kappa shape index (κ3) is 5.83. The van der Waals surface area contributed by atoms with Gasteiger partial charge in [-0.15, -0.1) is 0 Å². The van der Waals surface area contributed by atoms with Gasteiger partial charge in [0, 0.05) is 37.6 Å². The van der Waals surface area contributed by atoms with Gasteiger partial charge in [-0.2, -0.15) is 0 Å². The van der Waals surface area contributed by atoms with E-state index in [1.807, 2.05) is 44.3 Å². The number of benzene rings is 2. The molecule has 0 aliphatic carbocycles. The molecule has 0 radical (unpaired) electrons. The van der Waals surface area contributed by atoms with Gasteiger partial charge in [0.25, 0.3) is 11.8 Å². The van der Waals surface area contributed by atoms with Gasteiger partial charge in [-0.3, -0.25) is 14.9 Å². The van der Waals surface area contributed by atoms with E-state index in [-0.39, 0.29) is 11.9 Å². The molecule has 1 aromatic heterocycles. The summed E-state index contributed by atoms with van der Waals surface area (Å²) in [4.78, 5) is 47.7. The summed E-state index contributed by atoms with van der Waals surface area (Å²) in [5.74, 6) is 0.766. The number of fused-ring (bicyclic) bond motifs is 2. The van der Waals surface area contributed by atoms with Gasteiger partial charge < -0.3 is 30.0 Å². The second kappa shape index (κ2) is 11.0. The van der Waals surface area contributed by atoms with E-state index in [4.69, 9.17) is 9.15 Å². The normalized spacial score (nSPS) is 16.4. The number of carbonyl (C=O) groups excluding carboxylic acids is 4. The number of rotatable bonds is 5. The lowest BCUT2D eigenvalue weighted by atomic mass is 9.99. The zero-order valence-electron chi connectivity index (χ0n) is 20.8. The number of methoxy groups -OCH3 is 1. The number of urea groups is 2. The Kier molecular flexibility index (Phi) is 7.61. The smallest absolute Gasteiger partial charge is 0.322 e. The van der Waals surface area contributed by atoms with Crippen LogP contribution in [-0.2, 0) is 17.8 Å². The number of amides is 6. The maximum atomic E-state index is 11.8. The number of imide groups is 1. The second-order valence-electron chi connectivity index (χ2n) is 8.63. The average Bonchev–Trinajstić information content (AvgIpc) is 3.46. The van der Waals surface area contributed by atoms with E-state index in [2.05, 4.69) is 21.3 Å². The highest BCUT2D eigenvalue weighted by Crippen LogP contribution is 2.26. The van der Waals surface area contributed by atoms with Crippen molar-refractivity contribution in [3.05, 3.63) is 64.9 Å². The van der Waals surface area contributed by atoms with E-state index in [0.29, 0.717) is 24.4 Å². The highest BCUT2D eigenvalue weighted by atomic mass is 16.5. The number of furan rings is 1. The lowest BCUT2D eigenvalue weighted by Gasteiger charge is -2.24. The molecule has 0 spiro atoms. The van der Waals surface area contributed by atoms with Crippen LogP contribution in [0.3, 0.4) is 0 Å². The predicted octanol–water partition coefficient (Wildman–Crippen LogP) is 2.46. The molecule has 2 aliphatic heterocycles. The third-order valence-electron chi connectivity index (χ3n) is 6.06. The first-order valence-corrected chi connectivity index (χ1v) is 11.9. The number of ether oxygens (including phenoxy) is 1. The quantitative estimate of drug-likeness (QED) is 0.391. The van der Waals surface area contributed by atoms with Gasteiger partial charge >= 0.3 is 12.1 Å². The Morgan fingerprint density at radius 1 is 1.14 bits per heavy atom. The van der Waals surface area contributed by atoms with E-state index >= 15 is 0 Å². The molecule has 2 aromatic carbocycles. The van der Waals surface area contributed by atoms with Crippen LogP contribution in [0.1, 0.15) is 40.2 Å². The molecule has 6 amide bonds. The van der Waals surface area contributed by atoms with Crippen LogP contribution in [0.25, 0.3) is 11.0 Å². The molecule has 3 aromatic rings. The molecule has 1 fully saturated rings. The van der Waals surface area contributed by atoms with Gasteiger partial charge in [0.15, 0.2) is 6.04 Å². The largest absolute Gasteiger partial charge is 0.497 e. The van der Waals surface area contributed by atoms with Crippen LogP contribution in [0.4, 0.5) is 9.59 Å². The van der Waals surface area contributed by atoms with Crippen molar-refractivity contribution in [3.8, 4) is 5.75 Å². The van der Waals surface area contributed by atoms with Gasteiger partial charge in [0.2, 0.25) is 0 Å². The number of carbonyl (C=O) groups is 4. The van der Waals surface area contributed by atoms with E-state index in [0.717, 1.165) is 40.8 Å². The SMILES string of the molecule is CCNC(=O)NCc1ccc2oc(C3NC(=O)NC3=O)cc2c1.COc1ccc2c(c1)C(=O)N(C)CC2. The fraction of sp³-hybridized carbons (Fsp3) is 0.308. The minimum Gasteiger partial charge on any atom is -0.497 e. The molecule has 194 valence electrons. The third-order valence-corrected chi connectivity index (χ3v) is 6.06. The summed E-state index contributed by atoms with van der Waals surface area (Å²) in [6.07, 6.45) is 0.932. The number of nitrogens with zero attached hydrogens (tertiary/aromatic N) is 1. The lowest BCUT2D eigenvalue weighted by Crippen LogP contribution is -2.34. The second-order valence-corrected chi connectivity index (χ2v) is 8.63. The zero-order chi connectivity index (χ0) is 26.5. The Labute approximate surface area is 213 Å². The molecule has 11 heteroatoms. The van der Waals surface area contributed by atoms with E-state index < -0.39 is 18.0 Å². The average molecular weight is 508 g/mol. The molecule has 1 atom stereocenters. The molecular formula is C26H29N5O6. The molecular weight excluding hydrogens is 478 g/mol. The van der Waals surface area contributed by atoms with E-state index in [1.165, 1.54) is 0 Å². The molecule has 4 N–H and O–H groups in total. The Balaban J connectivity index is 0.000000195. The number of nitrogens with one attached hydrogen (secondary N) is 4. The van der Waals surface area contributed by atoms with Crippen LogP contribution in [0.2, 0.25) is 0 Å². The highest BCUT2D eigenvalue weighted by molar-refractivity contribution is 6.04. The fourth-order valence-corrected chi connectivity index (χ4v) is 4.08. The van der Waals surface area contributed by atoms with Crippen molar-refractivity contribution in [1.82, 2.24) is 26.2 Å². The Morgan fingerprint density at radius 2 is 1.95 bits per heavy atom. The summed E-state index contributed by atoms with van der Waals surface area (Å²) in [6, 6.07) is 11.3. The van der Waals surface area contributed by atoms with Crippen LogP contribution in [-0.4, -0.2) is 56.0 Å². The van der Waals surface area contributed by atoms with Crippen molar-refractivity contribution in [2.75, 3.05) is 27.2 Å². The van der Waals surface area contributed by atoms with Gasteiger partial charge in [0.1, 0.15) is 17.1 Å². The van der Waals surface area contributed by atoms with Gasteiger partial charge in [0.05, 0.1) is 7.11 Å². The number of hydrogen-bond donors (Lipinski definition) is 4. The lowest BCUT2D eigenvalue weighted by molar-refractivity contribution is -0.120. The first-order valence-electron chi connectivity index (χ1n) is 11.9. The molecule has 0 saturated carbocycles. The topological polar surface area (TPSA) is 142 Å². The maximum absolute atomic E-state index is 11.8. The molecule has 0 bridgehead atoms. The van der Waals surface area contributed by atoms with Crippen LogP contribution in [0.15, 0.2) is 46.9 Å². The first-order chi connectivity index (χ1) is 17.8. The van der Waals surface area contributed by atoms with Crippen molar-refractivity contribution >= 4 is 34.8 Å². The van der Waals surface area contributed by atoms with Crippen molar-refractivity contribution in [2.24, 2.45) is 0 Å². The van der Waals surface area contributed by atoms with Crippen molar-refractivity contribution in [2.45, 2.75) is 25.9 Å². The molecule has 1 saturated heterocycles. The van der Waals surface area contributed by atoms with Crippen LogP contribution < -0.4 is 26.0 Å². The monoisotopic (exact) mass is 507 g/mol. The maximum Gasteiger partial charge on any atom is 0.322 e. The molecule has 5 rings (SSSR count). The van der Waals surface area contributed by atoms with Crippen molar-refractivity contribution < 1.29 is 28.3 Å². The summed E-state index contributed by atoms with van der Waals surface area (Å²) in [7, 11) is 3.43. The minimum atomic E-state index is -0.813. The molecule has 3 heterocycles. The summed E-state index contributed by atoms with van der Waals surface area (Å²) in [5, 5.41) is 10.8. The van der Waals surface area contributed by atoms with E-state index in [1.54, 1.807) is 24.1 Å². The van der Waals surface area contributed by atoms with Crippen LogP contribution in [0.5, 0.6) is 5.75 Å². The predicted molar refractivity (Wildman–Crippen MR) is 135 cm³/mol. The molecule has 37 heavy (non-hydrogen) atoms.